The number of aliphatic hydroxyl groups is 4. The second-order valence-corrected chi connectivity index (χ2v) is 7.30. The van der Waals surface area contributed by atoms with Crippen molar-refractivity contribution in [2.45, 2.75) is 30.5 Å². The number of phenolic OH excluding ortho intramolecular Hbond substituents is 3. The van der Waals surface area contributed by atoms with Crippen molar-refractivity contribution >= 4 is 11.0 Å². The van der Waals surface area contributed by atoms with E-state index >= 15 is 0 Å². The number of rotatable bonds is 3. The zero-order valence-corrected chi connectivity index (χ0v) is 15.9. The number of ether oxygens (including phenoxy) is 1. The maximum atomic E-state index is 12.7. The van der Waals surface area contributed by atoms with Gasteiger partial charge < -0.3 is 44.9 Å². The molecule has 1 saturated heterocycles. The fourth-order valence-corrected chi connectivity index (χ4v) is 3.70. The van der Waals surface area contributed by atoms with Crippen LogP contribution in [0.15, 0.2) is 45.6 Å². The van der Waals surface area contributed by atoms with Crippen molar-refractivity contribution in [1.82, 2.24) is 0 Å². The van der Waals surface area contributed by atoms with Gasteiger partial charge in [-0.15, -0.1) is 0 Å². The molecule has 0 aliphatic carbocycles. The number of phenols is 3. The summed E-state index contributed by atoms with van der Waals surface area (Å²) < 4.78 is 11.3. The van der Waals surface area contributed by atoms with Gasteiger partial charge >= 0.3 is 0 Å². The fraction of sp³-hybridized carbons (Fsp3) is 0.286. The molecule has 2 heterocycles. The van der Waals surface area contributed by atoms with Crippen LogP contribution in [-0.2, 0) is 4.74 Å². The number of hydrogen-bond donors (Lipinski definition) is 7. The molecule has 4 rings (SSSR count). The Morgan fingerprint density at radius 1 is 0.871 bits per heavy atom. The predicted octanol–water partition coefficient (Wildman–Crippen LogP) is 0.0917. The van der Waals surface area contributed by atoms with Gasteiger partial charge in [-0.3, -0.25) is 4.79 Å². The molecule has 0 amide bonds. The molecule has 0 bridgehead atoms. The van der Waals surface area contributed by atoms with Crippen molar-refractivity contribution in [3.8, 4) is 28.6 Å². The van der Waals surface area contributed by atoms with Crippen LogP contribution in [0.4, 0.5) is 0 Å². The van der Waals surface area contributed by atoms with E-state index < -0.39 is 54.1 Å². The van der Waals surface area contributed by atoms with Gasteiger partial charge in [0.25, 0.3) is 0 Å². The molecule has 1 aromatic heterocycles. The third-order valence-corrected chi connectivity index (χ3v) is 5.33. The lowest BCUT2D eigenvalue weighted by molar-refractivity contribution is -0.231. The van der Waals surface area contributed by atoms with Crippen molar-refractivity contribution in [3.05, 3.63) is 52.2 Å². The molecular weight excluding hydrogens is 412 g/mol. The molecule has 1 aliphatic rings. The Morgan fingerprint density at radius 2 is 1.55 bits per heavy atom. The van der Waals surface area contributed by atoms with Crippen LogP contribution in [-0.4, -0.2) is 66.8 Å². The highest BCUT2D eigenvalue weighted by molar-refractivity contribution is 5.89. The van der Waals surface area contributed by atoms with E-state index in [0.717, 1.165) is 12.1 Å². The Labute approximate surface area is 174 Å². The summed E-state index contributed by atoms with van der Waals surface area (Å²) in [5.41, 5.74) is -0.813. The van der Waals surface area contributed by atoms with Gasteiger partial charge in [0.1, 0.15) is 58.9 Å². The molecule has 3 aromatic rings. The second-order valence-electron chi connectivity index (χ2n) is 7.30. The van der Waals surface area contributed by atoms with Gasteiger partial charge in [-0.1, -0.05) is 0 Å². The lowest BCUT2D eigenvalue weighted by Crippen LogP contribution is -2.55. The van der Waals surface area contributed by atoms with E-state index in [4.69, 9.17) is 9.15 Å². The Kier molecular flexibility index (Phi) is 5.33. The first-order valence-electron chi connectivity index (χ1n) is 9.35. The topological polar surface area (TPSA) is 181 Å². The van der Waals surface area contributed by atoms with Crippen LogP contribution in [0.1, 0.15) is 11.7 Å². The van der Waals surface area contributed by atoms with Crippen LogP contribution < -0.4 is 5.43 Å². The molecule has 0 spiro atoms. The van der Waals surface area contributed by atoms with Gasteiger partial charge in [0, 0.05) is 17.7 Å². The molecule has 10 nitrogen and oxygen atoms in total. The third kappa shape index (κ3) is 3.50. The summed E-state index contributed by atoms with van der Waals surface area (Å²) in [4.78, 5) is 12.7. The molecule has 1 unspecified atom stereocenters. The Balaban J connectivity index is 1.96. The molecule has 7 N–H and O–H groups in total. The largest absolute Gasteiger partial charge is 0.508 e. The van der Waals surface area contributed by atoms with Gasteiger partial charge in [0.2, 0.25) is 0 Å². The van der Waals surface area contributed by atoms with Crippen LogP contribution in [0.25, 0.3) is 22.3 Å². The lowest BCUT2D eigenvalue weighted by atomic mass is 9.89. The number of aliphatic hydroxyl groups excluding tert-OH is 4. The zero-order chi connectivity index (χ0) is 22.4. The van der Waals surface area contributed by atoms with Crippen molar-refractivity contribution in [2.24, 2.45) is 0 Å². The molecule has 1 fully saturated rings. The summed E-state index contributed by atoms with van der Waals surface area (Å²) in [5.74, 6) is -1.15. The van der Waals surface area contributed by atoms with Crippen molar-refractivity contribution < 1.29 is 44.9 Å². The summed E-state index contributed by atoms with van der Waals surface area (Å²) in [6, 6.07) is 7.69. The third-order valence-electron chi connectivity index (χ3n) is 5.33. The molecule has 5 atom stereocenters. The van der Waals surface area contributed by atoms with Crippen LogP contribution in [0, 0.1) is 0 Å². The van der Waals surface area contributed by atoms with Crippen LogP contribution >= 0.6 is 0 Å². The average Bonchev–Trinajstić information content (AvgIpc) is 2.73. The molecule has 0 radical (unpaired) electrons. The summed E-state index contributed by atoms with van der Waals surface area (Å²) in [7, 11) is 0. The second kappa shape index (κ2) is 7.84. The number of hydrogen-bond acceptors (Lipinski definition) is 10. The number of fused-ring (bicyclic) bond motifs is 1. The summed E-state index contributed by atoms with van der Waals surface area (Å²) in [6.07, 6.45) is -7.87. The Morgan fingerprint density at radius 3 is 2.19 bits per heavy atom. The Hall–Kier alpha value is -3.15. The van der Waals surface area contributed by atoms with Crippen molar-refractivity contribution in [1.29, 1.82) is 0 Å². The molecule has 1 aliphatic heterocycles. The minimum absolute atomic E-state index is 0.0100. The fourth-order valence-electron chi connectivity index (χ4n) is 3.70. The maximum Gasteiger partial charge on any atom is 0.197 e. The van der Waals surface area contributed by atoms with E-state index in [-0.39, 0.29) is 28.0 Å². The first-order chi connectivity index (χ1) is 14.7. The van der Waals surface area contributed by atoms with Crippen molar-refractivity contribution in [2.75, 3.05) is 6.61 Å². The normalized spacial score (nSPS) is 26.3. The van der Waals surface area contributed by atoms with Crippen LogP contribution in [0.5, 0.6) is 17.2 Å². The highest BCUT2D eigenvalue weighted by Crippen LogP contribution is 2.43. The predicted molar refractivity (Wildman–Crippen MR) is 106 cm³/mol. The average molecular weight is 432 g/mol. The van der Waals surface area contributed by atoms with Crippen molar-refractivity contribution in [3.63, 3.8) is 0 Å². The number of benzene rings is 2. The summed E-state index contributed by atoms with van der Waals surface area (Å²) in [5, 5.41) is 70.0. The first-order valence-corrected chi connectivity index (χ1v) is 9.35. The van der Waals surface area contributed by atoms with Crippen LogP contribution in [0.3, 0.4) is 0 Å². The summed E-state index contributed by atoms with van der Waals surface area (Å²) >= 11 is 0. The van der Waals surface area contributed by atoms with E-state index in [1.54, 1.807) is 0 Å². The highest BCUT2D eigenvalue weighted by atomic mass is 16.5. The van der Waals surface area contributed by atoms with Gasteiger partial charge in [-0.25, -0.2) is 0 Å². The number of aromatic hydroxyl groups is 3. The summed E-state index contributed by atoms with van der Waals surface area (Å²) in [6.45, 7) is -0.694. The van der Waals surface area contributed by atoms with E-state index in [2.05, 4.69) is 0 Å². The molecular formula is C21H20O10. The molecule has 31 heavy (non-hydrogen) atoms. The molecule has 10 heteroatoms. The SMILES string of the molecule is O=c1cc(-c2ccc(O)cc2)oc2c(C3O[C@@H](CO)[C@H](O)[C@@H](O)[C@@H]3O)c(O)cc(O)c12. The minimum atomic E-state index is -1.75. The molecule has 164 valence electrons. The van der Waals surface area contributed by atoms with Gasteiger partial charge in [0.05, 0.1) is 12.2 Å². The molecule has 2 aromatic carbocycles. The smallest absolute Gasteiger partial charge is 0.197 e. The standard InChI is InChI=1S/C21H20O10/c22-7-14-17(27)18(28)19(29)21(31-14)16-11(25)5-10(24)15-12(26)6-13(30-20(15)16)8-1-3-9(23)4-2-8/h1-6,14,17-19,21-25,27-29H,7H2/t14-,17-,18+,19-,21?/m0/s1. The zero-order valence-electron chi connectivity index (χ0n) is 15.9. The van der Waals surface area contributed by atoms with Crippen LogP contribution in [0.2, 0.25) is 0 Å². The van der Waals surface area contributed by atoms with E-state index in [9.17, 15) is 40.5 Å². The highest BCUT2D eigenvalue weighted by Gasteiger charge is 2.46. The maximum absolute atomic E-state index is 12.7. The van der Waals surface area contributed by atoms with Gasteiger partial charge in [-0.05, 0) is 24.3 Å². The van der Waals surface area contributed by atoms with E-state index in [1.807, 2.05) is 0 Å². The van der Waals surface area contributed by atoms with E-state index in [0.29, 0.717) is 5.56 Å². The Bertz CT molecular complexity index is 1170. The first kappa shape index (κ1) is 21.1. The van der Waals surface area contributed by atoms with Gasteiger partial charge in [-0.2, -0.15) is 0 Å². The quantitative estimate of drug-likeness (QED) is 0.300. The monoisotopic (exact) mass is 432 g/mol. The van der Waals surface area contributed by atoms with E-state index in [1.165, 1.54) is 24.3 Å². The minimum Gasteiger partial charge on any atom is -0.508 e. The molecule has 0 saturated carbocycles. The lowest BCUT2D eigenvalue weighted by Gasteiger charge is -2.40. The van der Waals surface area contributed by atoms with Gasteiger partial charge in [0.15, 0.2) is 11.0 Å².